The Morgan fingerprint density at radius 2 is 2.33 bits per heavy atom. The Morgan fingerprint density at radius 1 is 1.42 bits per heavy atom. The molecule has 1 aliphatic rings. The molecule has 0 saturated carbocycles. The Balaban J connectivity index is 1.56. The molecule has 1 unspecified atom stereocenters. The summed E-state index contributed by atoms with van der Waals surface area (Å²) in [5.74, 6) is 2.90. The van der Waals surface area contributed by atoms with Gasteiger partial charge in [-0.25, -0.2) is 9.67 Å². The van der Waals surface area contributed by atoms with Crippen LogP contribution in [0.5, 0.6) is 0 Å². The van der Waals surface area contributed by atoms with E-state index in [1.54, 1.807) is 12.7 Å². The molecule has 2 aromatic heterocycles. The van der Waals surface area contributed by atoms with Gasteiger partial charge in [-0.2, -0.15) is 5.10 Å². The van der Waals surface area contributed by atoms with Crippen LogP contribution >= 0.6 is 0 Å². The molecule has 9 nitrogen and oxygen atoms in total. The first-order valence-corrected chi connectivity index (χ1v) is 8.58. The minimum absolute atomic E-state index is 0.318. The maximum absolute atomic E-state index is 4.67. The topological polar surface area (TPSA) is 97.8 Å². The molecule has 0 aliphatic carbocycles. The molecule has 0 aromatic carbocycles. The molecule has 3 heterocycles. The van der Waals surface area contributed by atoms with E-state index in [1.807, 2.05) is 4.68 Å². The van der Waals surface area contributed by atoms with E-state index < -0.39 is 0 Å². The zero-order valence-corrected chi connectivity index (χ0v) is 14.3. The van der Waals surface area contributed by atoms with E-state index in [4.69, 9.17) is 0 Å². The van der Waals surface area contributed by atoms with Crippen LogP contribution < -0.4 is 10.6 Å². The second-order valence-electron chi connectivity index (χ2n) is 5.79. The standard InChI is InChI=1S/C15H25N9/c1-3-13-22-19-11-23(13)8-7-17-15(16-4-2)21-12-5-6-14-18-10-20-24(14)9-12/h10-12H,3-9H2,1-2H3,(H2,16,17,21). The number of guanidine groups is 1. The third-order valence-corrected chi connectivity index (χ3v) is 4.11. The van der Waals surface area contributed by atoms with Gasteiger partial charge in [-0.15, -0.1) is 10.2 Å². The molecule has 1 atom stereocenters. The van der Waals surface area contributed by atoms with Crippen LogP contribution in [0.25, 0.3) is 0 Å². The molecule has 1 aliphatic heterocycles. The molecule has 9 heteroatoms. The highest BCUT2D eigenvalue weighted by Gasteiger charge is 2.20. The van der Waals surface area contributed by atoms with Crippen molar-refractivity contribution in [3.05, 3.63) is 24.3 Å². The maximum atomic E-state index is 4.67. The van der Waals surface area contributed by atoms with Gasteiger partial charge in [0.2, 0.25) is 0 Å². The first-order valence-electron chi connectivity index (χ1n) is 8.58. The van der Waals surface area contributed by atoms with Gasteiger partial charge < -0.3 is 15.2 Å². The number of nitrogens with zero attached hydrogens (tertiary/aromatic N) is 7. The average molecular weight is 331 g/mol. The third kappa shape index (κ3) is 3.90. The van der Waals surface area contributed by atoms with E-state index in [1.165, 1.54) is 0 Å². The highest BCUT2D eigenvalue weighted by atomic mass is 15.4. The van der Waals surface area contributed by atoms with Crippen LogP contribution in [0, 0.1) is 0 Å². The van der Waals surface area contributed by atoms with Crippen LogP contribution in [0.15, 0.2) is 17.6 Å². The molecular weight excluding hydrogens is 306 g/mol. The quantitative estimate of drug-likeness (QED) is 0.571. The summed E-state index contributed by atoms with van der Waals surface area (Å²) in [6, 6.07) is 0.318. The van der Waals surface area contributed by atoms with E-state index in [0.29, 0.717) is 12.6 Å². The fourth-order valence-electron chi connectivity index (χ4n) is 2.88. The molecular formula is C15H25N9. The fraction of sp³-hybridized carbons (Fsp3) is 0.667. The number of hydrogen-bond donors (Lipinski definition) is 2. The Bertz CT molecular complexity index is 672. The summed E-state index contributed by atoms with van der Waals surface area (Å²) in [7, 11) is 0. The molecule has 0 radical (unpaired) electrons. The van der Waals surface area contributed by atoms with Crippen LogP contribution in [0.1, 0.15) is 31.9 Å². The lowest BCUT2D eigenvalue weighted by Gasteiger charge is -2.25. The van der Waals surface area contributed by atoms with Gasteiger partial charge in [0.15, 0.2) is 5.96 Å². The number of fused-ring (bicyclic) bond motifs is 1. The van der Waals surface area contributed by atoms with Crippen LogP contribution in [0.3, 0.4) is 0 Å². The van der Waals surface area contributed by atoms with Gasteiger partial charge in [0.25, 0.3) is 0 Å². The van der Waals surface area contributed by atoms with Gasteiger partial charge in [0, 0.05) is 32.0 Å². The van der Waals surface area contributed by atoms with Crippen molar-refractivity contribution in [2.45, 2.75) is 52.2 Å². The summed E-state index contributed by atoms with van der Waals surface area (Å²) in [6.45, 7) is 7.27. The van der Waals surface area contributed by atoms with Crippen LogP contribution in [0.2, 0.25) is 0 Å². The predicted octanol–water partition coefficient (Wildman–Crippen LogP) is 0.00210. The number of hydrogen-bond acceptors (Lipinski definition) is 5. The summed E-state index contributed by atoms with van der Waals surface area (Å²) >= 11 is 0. The smallest absolute Gasteiger partial charge is 0.191 e. The molecule has 130 valence electrons. The van der Waals surface area contributed by atoms with Crippen molar-refractivity contribution in [1.29, 1.82) is 0 Å². The van der Waals surface area contributed by atoms with Gasteiger partial charge >= 0.3 is 0 Å². The lowest BCUT2D eigenvalue weighted by atomic mass is 10.1. The third-order valence-electron chi connectivity index (χ3n) is 4.11. The minimum atomic E-state index is 0.318. The molecule has 0 spiro atoms. The lowest BCUT2D eigenvalue weighted by Crippen LogP contribution is -2.47. The summed E-state index contributed by atoms with van der Waals surface area (Å²) in [5, 5.41) is 19.1. The van der Waals surface area contributed by atoms with Crippen molar-refractivity contribution in [2.75, 3.05) is 13.1 Å². The van der Waals surface area contributed by atoms with Crippen molar-refractivity contribution < 1.29 is 0 Å². The van der Waals surface area contributed by atoms with Gasteiger partial charge in [-0.05, 0) is 13.3 Å². The van der Waals surface area contributed by atoms with Crippen LogP contribution in [-0.2, 0) is 25.9 Å². The van der Waals surface area contributed by atoms with E-state index in [9.17, 15) is 0 Å². The second kappa shape index (κ2) is 7.89. The largest absolute Gasteiger partial charge is 0.357 e. The first kappa shape index (κ1) is 16.4. The number of aryl methyl sites for hydroxylation is 2. The number of rotatable bonds is 6. The van der Waals surface area contributed by atoms with E-state index in [-0.39, 0.29) is 0 Å². The Labute approximate surface area is 141 Å². The number of aromatic nitrogens is 6. The zero-order valence-electron chi connectivity index (χ0n) is 14.3. The summed E-state index contributed by atoms with van der Waals surface area (Å²) < 4.78 is 4.02. The zero-order chi connectivity index (χ0) is 16.8. The van der Waals surface area contributed by atoms with E-state index in [2.05, 4.69) is 54.3 Å². The van der Waals surface area contributed by atoms with Crippen molar-refractivity contribution in [3.8, 4) is 0 Å². The monoisotopic (exact) mass is 331 g/mol. The predicted molar refractivity (Wildman–Crippen MR) is 90.6 cm³/mol. The first-order chi connectivity index (χ1) is 11.8. The summed E-state index contributed by atoms with van der Waals surface area (Å²) in [6.07, 6.45) is 6.25. The van der Waals surface area contributed by atoms with Gasteiger partial charge in [0.1, 0.15) is 24.3 Å². The number of aliphatic imine (C=N–C) groups is 1. The fourth-order valence-corrected chi connectivity index (χ4v) is 2.88. The SMILES string of the molecule is CCNC(=NCCn1cnnc1CC)NC1CCc2ncnn2C1. The average Bonchev–Trinajstić information content (AvgIpc) is 3.23. The number of nitrogens with one attached hydrogen (secondary N) is 2. The maximum Gasteiger partial charge on any atom is 0.191 e. The molecule has 0 amide bonds. The van der Waals surface area contributed by atoms with Gasteiger partial charge in [-0.1, -0.05) is 6.92 Å². The molecule has 2 aromatic rings. The van der Waals surface area contributed by atoms with Crippen molar-refractivity contribution in [1.82, 2.24) is 40.2 Å². The molecule has 24 heavy (non-hydrogen) atoms. The van der Waals surface area contributed by atoms with Crippen molar-refractivity contribution in [3.63, 3.8) is 0 Å². The van der Waals surface area contributed by atoms with E-state index in [0.717, 1.165) is 56.5 Å². The van der Waals surface area contributed by atoms with Crippen LogP contribution in [-0.4, -0.2) is 54.6 Å². The summed E-state index contributed by atoms with van der Waals surface area (Å²) in [5.41, 5.74) is 0. The van der Waals surface area contributed by atoms with Gasteiger partial charge in [-0.3, -0.25) is 4.99 Å². The highest BCUT2D eigenvalue weighted by molar-refractivity contribution is 5.80. The normalized spacial score (nSPS) is 17.6. The molecule has 0 fully saturated rings. The molecule has 0 bridgehead atoms. The summed E-state index contributed by atoms with van der Waals surface area (Å²) in [4.78, 5) is 8.94. The van der Waals surface area contributed by atoms with Crippen molar-refractivity contribution in [2.24, 2.45) is 4.99 Å². The Hall–Kier alpha value is -2.45. The molecule has 2 N–H and O–H groups in total. The lowest BCUT2D eigenvalue weighted by molar-refractivity contribution is 0.392. The Morgan fingerprint density at radius 3 is 3.17 bits per heavy atom. The van der Waals surface area contributed by atoms with Crippen LogP contribution in [0.4, 0.5) is 0 Å². The van der Waals surface area contributed by atoms with Gasteiger partial charge in [0.05, 0.1) is 13.1 Å². The minimum Gasteiger partial charge on any atom is -0.357 e. The van der Waals surface area contributed by atoms with E-state index >= 15 is 0 Å². The molecule has 3 rings (SSSR count). The van der Waals surface area contributed by atoms with Crippen molar-refractivity contribution >= 4 is 5.96 Å². The highest BCUT2D eigenvalue weighted by Crippen LogP contribution is 2.11. The Kier molecular flexibility index (Phi) is 5.39. The second-order valence-corrected chi connectivity index (χ2v) is 5.79. The molecule has 0 saturated heterocycles.